The minimum atomic E-state index is -0.477. The third-order valence-electron chi connectivity index (χ3n) is 5.97. The van der Waals surface area contributed by atoms with Crippen LogP contribution in [-0.4, -0.2) is 62.5 Å². The number of aromatic nitrogens is 3. The smallest absolute Gasteiger partial charge is 0.321 e. The van der Waals surface area contributed by atoms with E-state index >= 15 is 0 Å². The van der Waals surface area contributed by atoms with Gasteiger partial charge < -0.3 is 15.1 Å². The van der Waals surface area contributed by atoms with Gasteiger partial charge in [0, 0.05) is 38.1 Å². The average molecular weight is 469 g/mol. The van der Waals surface area contributed by atoms with Crippen LogP contribution in [0.1, 0.15) is 16.1 Å². The molecule has 5 rings (SSSR count). The summed E-state index contributed by atoms with van der Waals surface area (Å²) in [7, 11) is 0. The van der Waals surface area contributed by atoms with E-state index in [1.807, 2.05) is 60.7 Å². The highest BCUT2D eigenvalue weighted by atomic mass is 16.2. The number of piperazine rings is 1. The van der Waals surface area contributed by atoms with Gasteiger partial charge in [0.15, 0.2) is 11.3 Å². The quantitative estimate of drug-likeness (QED) is 0.496. The number of pyridine rings is 1. The van der Waals surface area contributed by atoms with E-state index in [2.05, 4.69) is 15.3 Å². The van der Waals surface area contributed by atoms with Gasteiger partial charge in [0.2, 0.25) is 0 Å². The number of nitrogens with one attached hydrogen (secondary N) is 1. The van der Waals surface area contributed by atoms with Crippen LogP contribution in [0.5, 0.6) is 0 Å². The summed E-state index contributed by atoms with van der Waals surface area (Å²) in [4.78, 5) is 51.3. The van der Waals surface area contributed by atoms with Gasteiger partial charge in [-0.1, -0.05) is 48.5 Å². The Hall–Kier alpha value is -4.53. The molecule has 0 saturated carbocycles. The van der Waals surface area contributed by atoms with Crippen molar-refractivity contribution in [1.29, 1.82) is 0 Å². The number of hydrogen-bond donors (Lipinski definition) is 1. The highest BCUT2D eigenvalue weighted by Gasteiger charge is 2.28. The van der Waals surface area contributed by atoms with E-state index in [-0.39, 0.29) is 18.3 Å². The third kappa shape index (κ3) is 4.74. The van der Waals surface area contributed by atoms with Crippen LogP contribution in [0, 0.1) is 0 Å². The molecule has 2 aromatic carbocycles. The van der Waals surface area contributed by atoms with Crippen LogP contribution in [0.15, 0.2) is 83.8 Å². The van der Waals surface area contributed by atoms with Gasteiger partial charge in [0.25, 0.3) is 11.5 Å². The molecule has 1 fully saturated rings. The summed E-state index contributed by atoms with van der Waals surface area (Å²) in [6.45, 7) is 1.62. The molecule has 1 aliphatic heterocycles. The van der Waals surface area contributed by atoms with E-state index in [1.54, 1.807) is 28.1 Å². The fourth-order valence-electron chi connectivity index (χ4n) is 4.11. The molecule has 3 heterocycles. The van der Waals surface area contributed by atoms with Crippen LogP contribution in [0.3, 0.4) is 0 Å². The molecule has 0 aliphatic carbocycles. The van der Waals surface area contributed by atoms with Gasteiger partial charge >= 0.3 is 6.03 Å². The fraction of sp³-hybridized carbons (Fsp3) is 0.192. The lowest BCUT2D eigenvalue weighted by Gasteiger charge is -2.34. The van der Waals surface area contributed by atoms with Gasteiger partial charge in [-0.2, -0.15) is 0 Å². The molecule has 35 heavy (non-hydrogen) atoms. The second kappa shape index (κ2) is 9.76. The normalized spacial score (nSPS) is 13.6. The molecular formula is C26H24N6O3. The second-order valence-electron chi connectivity index (χ2n) is 8.26. The Balaban J connectivity index is 1.35. The zero-order chi connectivity index (χ0) is 24.2. The number of hydrogen-bond acceptors (Lipinski definition) is 5. The van der Waals surface area contributed by atoms with Crippen LogP contribution < -0.4 is 10.9 Å². The maximum absolute atomic E-state index is 13.4. The maximum Gasteiger partial charge on any atom is 0.321 e. The first kappa shape index (κ1) is 22.3. The fourth-order valence-corrected chi connectivity index (χ4v) is 4.11. The predicted molar refractivity (Wildman–Crippen MR) is 132 cm³/mol. The number of urea groups is 1. The van der Waals surface area contributed by atoms with Crippen molar-refractivity contribution < 1.29 is 9.59 Å². The molecule has 1 N–H and O–H groups in total. The van der Waals surface area contributed by atoms with Gasteiger partial charge in [-0.3, -0.25) is 14.2 Å². The number of benzene rings is 2. The summed E-state index contributed by atoms with van der Waals surface area (Å²) in [5, 5.41) is 2.86. The topological polar surface area (TPSA) is 100 Å². The molecule has 0 bridgehead atoms. The minimum Gasteiger partial charge on any atom is -0.334 e. The molecule has 0 radical (unpaired) electrons. The summed E-state index contributed by atoms with van der Waals surface area (Å²) in [6.07, 6.45) is 1.60. The van der Waals surface area contributed by atoms with E-state index < -0.39 is 11.5 Å². The zero-order valence-corrected chi connectivity index (χ0v) is 19.0. The van der Waals surface area contributed by atoms with E-state index in [0.29, 0.717) is 43.0 Å². The van der Waals surface area contributed by atoms with Gasteiger partial charge in [-0.15, -0.1) is 0 Å². The number of fused-ring (bicyclic) bond motifs is 1. The number of nitrogens with zero attached hydrogens (tertiary/aromatic N) is 5. The maximum atomic E-state index is 13.4. The Morgan fingerprint density at radius 1 is 0.829 bits per heavy atom. The van der Waals surface area contributed by atoms with Gasteiger partial charge in [0.1, 0.15) is 5.52 Å². The largest absolute Gasteiger partial charge is 0.334 e. The molecule has 4 aromatic rings. The molecule has 0 atom stereocenters. The van der Waals surface area contributed by atoms with Gasteiger partial charge in [0.05, 0.1) is 6.54 Å². The number of para-hydroxylation sites is 1. The van der Waals surface area contributed by atoms with Crippen molar-refractivity contribution in [2.45, 2.75) is 6.54 Å². The van der Waals surface area contributed by atoms with Crippen molar-refractivity contribution in [3.05, 3.63) is 101 Å². The highest BCUT2D eigenvalue weighted by molar-refractivity contribution is 5.94. The van der Waals surface area contributed by atoms with Gasteiger partial charge in [-0.05, 0) is 29.8 Å². The predicted octanol–water partition coefficient (Wildman–Crippen LogP) is 2.83. The van der Waals surface area contributed by atoms with Crippen LogP contribution in [-0.2, 0) is 6.54 Å². The van der Waals surface area contributed by atoms with E-state index in [9.17, 15) is 14.4 Å². The number of rotatable bonds is 4. The Bertz CT molecular complexity index is 1410. The van der Waals surface area contributed by atoms with Crippen LogP contribution in [0.25, 0.3) is 11.2 Å². The summed E-state index contributed by atoms with van der Waals surface area (Å²) in [5.41, 5.74) is 1.93. The van der Waals surface area contributed by atoms with Crippen molar-refractivity contribution in [1.82, 2.24) is 24.3 Å². The van der Waals surface area contributed by atoms with Crippen LogP contribution in [0.2, 0.25) is 0 Å². The average Bonchev–Trinajstić information content (AvgIpc) is 2.91. The van der Waals surface area contributed by atoms with E-state index in [0.717, 1.165) is 5.56 Å². The molecule has 176 valence electrons. The third-order valence-corrected chi connectivity index (χ3v) is 5.97. The molecule has 0 unspecified atom stereocenters. The molecule has 3 amide bonds. The van der Waals surface area contributed by atoms with Crippen molar-refractivity contribution in [3.8, 4) is 0 Å². The minimum absolute atomic E-state index is 0.136. The second-order valence-corrected chi connectivity index (χ2v) is 8.26. The zero-order valence-electron chi connectivity index (χ0n) is 19.0. The Kier molecular flexibility index (Phi) is 6.21. The molecule has 9 heteroatoms. The number of carbonyl (C=O) groups excluding carboxylic acids is 2. The highest BCUT2D eigenvalue weighted by Crippen LogP contribution is 2.13. The van der Waals surface area contributed by atoms with E-state index in [1.165, 1.54) is 4.57 Å². The number of anilines is 1. The first-order valence-corrected chi connectivity index (χ1v) is 11.4. The van der Waals surface area contributed by atoms with Crippen LogP contribution in [0.4, 0.5) is 10.5 Å². The van der Waals surface area contributed by atoms with Crippen LogP contribution >= 0.6 is 0 Å². The first-order chi connectivity index (χ1) is 17.1. The Morgan fingerprint density at radius 2 is 1.49 bits per heavy atom. The van der Waals surface area contributed by atoms with Crippen molar-refractivity contribution in [2.24, 2.45) is 0 Å². The molecule has 2 aromatic heterocycles. The molecular weight excluding hydrogens is 444 g/mol. The van der Waals surface area contributed by atoms with Gasteiger partial charge in [-0.25, -0.2) is 14.8 Å². The summed E-state index contributed by atoms with van der Waals surface area (Å²) < 4.78 is 1.49. The number of carbonyl (C=O) groups is 2. The summed E-state index contributed by atoms with van der Waals surface area (Å²) >= 11 is 0. The summed E-state index contributed by atoms with van der Waals surface area (Å²) in [5.74, 6) is -0.439. The molecule has 1 aliphatic rings. The lowest BCUT2D eigenvalue weighted by atomic mass is 10.2. The molecule has 9 nitrogen and oxygen atoms in total. The Labute approximate surface area is 201 Å². The van der Waals surface area contributed by atoms with Crippen molar-refractivity contribution in [2.75, 3.05) is 31.5 Å². The molecule has 1 saturated heterocycles. The lowest BCUT2D eigenvalue weighted by Crippen LogP contribution is -2.52. The lowest BCUT2D eigenvalue weighted by molar-refractivity contribution is 0.0663. The number of amides is 3. The van der Waals surface area contributed by atoms with Crippen molar-refractivity contribution >= 4 is 28.8 Å². The van der Waals surface area contributed by atoms with Crippen molar-refractivity contribution in [3.63, 3.8) is 0 Å². The SMILES string of the molecule is O=C(Nc1ccccc1)N1CCN(C(=O)c2nc3cccnc3n(Cc3ccccc3)c2=O)CC1. The molecule has 0 spiro atoms. The monoisotopic (exact) mass is 468 g/mol. The Morgan fingerprint density at radius 3 is 2.20 bits per heavy atom. The van der Waals surface area contributed by atoms with E-state index in [4.69, 9.17) is 0 Å². The summed E-state index contributed by atoms with van der Waals surface area (Å²) in [6, 6.07) is 22.0. The standard InChI is InChI=1S/C26H24N6O3/c33-24(30-14-16-31(17-15-30)26(35)28-20-10-5-2-6-11-20)22-25(34)32(18-19-8-3-1-4-9-19)23-21(29-22)12-7-13-27-23/h1-13H,14-18H2,(H,28,35). The first-order valence-electron chi connectivity index (χ1n) is 11.4.